The van der Waals surface area contributed by atoms with Gasteiger partial charge in [0.1, 0.15) is 17.7 Å². The lowest BCUT2D eigenvalue weighted by Crippen LogP contribution is -2.24. The minimum atomic E-state index is -0.415. The number of hydrogen-bond donors (Lipinski definition) is 1. The molecule has 0 saturated carbocycles. The molecule has 0 aromatic heterocycles. The molecule has 2 aromatic rings. The van der Waals surface area contributed by atoms with Crippen molar-refractivity contribution in [3.63, 3.8) is 0 Å². The fourth-order valence-corrected chi connectivity index (χ4v) is 2.36. The summed E-state index contributed by atoms with van der Waals surface area (Å²) in [5.74, 6) is 0.499. The van der Waals surface area contributed by atoms with Crippen molar-refractivity contribution in [3.8, 4) is 11.8 Å². The van der Waals surface area contributed by atoms with E-state index in [9.17, 15) is 4.39 Å². The molecule has 3 nitrogen and oxygen atoms in total. The van der Waals surface area contributed by atoms with Gasteiger partial charge in [0.25, 0.3) is 0 Å². The number of fused-ring (bicyclic) bond motifs is 1. The molecule has 4 heteroatoms. The minimum absolute atomic E-state index is 0.0289. The fraction of sp³-hybridized carbons (Fsp3) is 0.188. The van der Waals surface area contributed by atoms with Crippen LogP contribution in [0.2, 0.25) is 0 Å². The summed E-state index contributed by atoms with van der Waals surface area (Å²) in [5, 5.41) is 11.9. The third kappa shape index (κ3) is 2.57. The van der Waals surface area contributed by atoms with E-state index in [4.69, 9.17) is 10.00 Å². The molecule has 1 unspecified atom stereocenters. The smallest absolute Gasteiger partial charge is 0.126 e. The lowest BCUT2D eigenvalue weighted by atomic mass is 10.1. The summed E-state index contributed by atoms with van der Waals surface area (Å²) in [6.07, 6.45) is 0.866. The highest BCUT2D eigenvalue weighted by atomic mass is 19.1. The average Bonchev–Trinajstić information content (AvgIpc) is 2.87. The number of nitriles is 1. The zero-order chi connectivity index (χ0) is 13.9. The fourth-order valence-electron chi connectivity index (χ4n) is 2.36. The summed E-state index contributed by atoms with van der Waals surface area (Å²) >= 11 is 0. The molecule has 0 amide bonds. The highest BCUT2D eigenvalue weighted by Crippen LogP contribution is 2.28. The van der Waals surface area contributed by atoms with Crippen LogP contribution in [-0.2, 0) is 6.42 Å². The van der Waals surface area contributed by atoms with Crippen molar-refractivity contribution in [3.05, 3.63) is 59.4 Å². The van der Waals surface area contributed by atoms with Crippen LogP contribution in [0.4, 0.5) is 10.1 Å². The molecule has 20 heavy (non-hydrogen) atoms. The van der Waals surface area contributed by atoms with E-state index in [2.05, 4.69) is 5.32 Å². The summed E-state index contributed by atoms with van der Waals surface area (Å²) in [6.45, 7) is 0.572. The van der Waals surface area contributed by atoms with E-state index in [1.807, 2.05) is 30.3 Å². The van der Waals surface area contributed by atoms with Crippen LogP contribution in [-0.4, -0.2) is 12.6 Å². The van der Waals surface area contributed by atoms with Crippen LogP contribution in [0.15, 0.2) is 42.5 Å². The first-order valence-electron chi connectivity index (χ1n) is 6.44. The number of para-hydroxylation sites is 1. The number of anilines is 1. The number of rotatable bonds is 3. The minimum Gasteiger partial charge on any atom is -0.488 e. The molecular weight excluding hydrogens is 255 g/mol. The molecule has 0 bridgehead atoms. The Kier molecular flexibility index (Phi) is 3.26. The standard InChI is InChI=1S/C16H13FN2O/c17-13-5-11(9-18)6-14(8-13)19-10-15-7-12-3-1-2-4-16(12)20-15/h1-6,8,15,19H,7,10H2. The van der Waals surface area contributed by atoms with Crippen molar-refractivity contribution in [2.45, 2.75) is 12.5 Å². The van der Waals surface area contributed by atoms with E-state index in [0.29, 0.717) is 17.8 Å². The largest absolute Gasteiger partial charge is 0.488 e. The molecule has 1 heterocycles. The molecule has 1 aliphatic rings. The van der Waals surface area contributed by atoms with Gasteiger partial charge < -0.3 is 10.1 Å². The van der Waals surface area contributed by atoms with Gasteiger partial charge in [0, 0.05) is 12.1 Å². The van der Waals surface area contributed by atoms with E-state index in [-0.39, 0.29) is 6.10 Å². The lowest BCUT2D eigenvalue weighted by Gasteiger charge is -2.13. The van der Waals surface area contributed by atoms with Gasteiger partial charge in [0.05, 0.1) is 18.2 Å². The van der Waals surface area contributed by atoms with E-state index in [1.165, 1.54) is 17.7 Å². The Morgan fingerprint density at radius 2 is 2.15 bits per heavy atom. The second-order valence-corrected chi connectivity index (χ2v) is 4.77. The van der Waals surface area contributed by atoms with Crippen molar-refractivity contribution < 1.29 is 9.13 Å². The van der Waals surface area contributed by atoms with E-state index in [1.54, 1.807) is 6.07 Å². The van der Waals surface area contributed by atoms with Crippen molar-refractivity contribution in [2.75, 3.05) is 11.9 Å². The molecule has 0 fully saturated rings. The summed E-state index contributed by atoms with van der Waals surface area (Å²) < 4.78 is 19.1. The van der Waals surface area contributed by atoms with Gasteiger partial charge in [0.2, 0.25) is 0 Å². The molecular formula is C16H13FN2O. The van der Waals surface area contributed by atoms with Gasteiger partial charge in [-0.2, -0.15) is 5.26 Å². The number of nitrogens with zero attached hydrogens (tertiary/aromatic N) is 1. The predicted octanol–water partition coefficient (Wildman–Crippen LogP) is 3.11. The number of halogens is 1. The number of hydrogen-bond acceptors (Lipinski definition) is 3. The SMILES string of the molecule is N#Cc1cc(F)cc(NCC2Cc3ccccc3O2)c1. The van der Waals surface area contributed by atoms with Crippen molar-refractivity contribution in [2.24, 2.45) is 0 Å². The molecule has 3 rings (SSSR count). The third-order valence-electron chi connectivity index (χ3n) is 3.27. The van der Waals surface area contributed by atoms with E-state index in [0.717, 1.165) is 12.2 Å². The van der Waals surface area contributed by atoms with Crippen molar-refractivity contribution in [1.82, 2.24) is 0 Å². The Balaban J connectivity index is 1.64. The van der Waals surface area contributed by atoms with Crippen LogP contribution < -0.4 is 10.1 Å². The van der Waals surface area contributed by atoms with Crippen molar-refractivity contribution >= 4 is 5.69 Å². The lowest BCUT2D eigenvalue weighted by molar-refractivity contribution is 0.246. The van der Waals surface area contributed by atoms with E-state index < -0.39 is 5.82 Å². The third-order valence-corrected chi connectivity index (χ3v) is 3.27. The Bertz CT molecular complexity index is 653. The first-order valence-corrected chi connectivity index (χ1v) is 6.44. The van der Waals surface area contributed by atoms with Crippen LogP contribution in [0.3, 0.4) is 0 Å². The van der Waals surface area contributed by atoms with Crippen molar-refractivity contribution in [1.29, 1.82) is 5.26 Å². The second-order valence-electron chi connectivity index (χ2n) is 4.77. The van der Waals surface area contributed by atoms with Crippen LogP contribution in [0.25, 0.3) is 0 Å². The summed E-state index contributed by atoms with van der Waals surface area (Å²) in [4.78, 5) is 0. The summed E-state index contributed by atoms with van der Waals surface area (Å²) in [6, 6.07) is 14.1. The zero-order valence-electron chi connectivity index (χ0n) is 10.8. The Morgan fingerprint density at radius 1 is 1.30 bits per heavy atom. The predicted molar refractivity (Wildman–Crippen MR) is 74.2 cm³/mol. The number of nitrogens with one attached hydrogen (secondary N) is 1. The van der Waals surface area contributed by atoms with Crippen LogP contribution in [0, 0.1) is 17.1 Å². The number of ether oxygens (including phenoxy) is 1. The zero-order valence-corrected chi connectivity index (χ0v) is 10.8. The van der Waals surface area contributed by atoms with Gasteiger partial charge in [-0.1, -0.05) is 18.2 Å². The average molecular weight is 268 g/mol. The Hall–Kier alpha value is -2.54. The first kappa shape index (κ1) is 12.5. The molecule has 0 radical (unpaired) electrons. The Labute approximate surface area is 116 Å². The maximum absolute atomic E-state index is 13.3. The highest BCUT2D eigenvalue weighted by Gasteiger charge is 2.21. The molecule has 1 aliphatic heterocycles. The normalized spacial score (nSPS) is 16.1. The van der Waals surface area contributed by atoms with Gasteiger partial charge in [-0.25, -0.2) is 4.39 Å². The molecule has 100 valence electrons. The molecule has 2 aromatic carbocycles. The number of benzene rings is 2. The summed E-state index contributed by atoms with van der Waals surface area (Å²) in [5.41, 5.74) is 2.10. The highest BCUT2D eigenvalue weighted by molar-refractivity contribution is 5.50. The Morgan fingerprint density at radius 3 is 2.95 bits per heavy atom. The van der Waals surface area contributed by atoms with Gasteiger partial charge in [-0.15, -0.1) is 0 Å². The van der Waals surface area contributed by atoms with Gasteiger partial charge in [-0.05, 0) is 29.8 Å². The molecule has 0 saturated heterocycles. The summed E-state index contributed by atoms with van der Waals surface area (Å²) in [7, 11) is 0. The monoisotopic (exact) mass is 268 g/mol. The molecule has 1 N–H and O–H groups in total. The van der Waals surface area contributed by atoms with Crippen LogP contribution in [0.5, 0.6) is 5.75 Å². The van der Waals surface area contributed by atoms with E-state index >= 15 is 0 Å². The molecule has 1 atom stereocenters. The maximum Gasteiger partial charge on any atom is 0.126 e. The van der Waals surface area contributed by atoms with Gasteiger partial charge >= 0.3 is 0 Å². The second kappa shape index (κ2) is 5.22. The molecule has 0 spiro atoms. The topological polar surface area (TPSA) is 45.0 Å². The van der Waals surface area contributed by atoms with Crippen LogP contribution in [0.1, 0.15) is 11.1 Å². The first-order chi connectivity index (χ1) is 9.74. The molecule has 0 aliphatic carbocycles. The van der Waals surface area contributed by atoms with Gasteiger partial charge in [-0.3, -0.25) is 0 Å². The maximum atomic E-state index is 13.3. The van der Waals surface area contributed by atoms with Crippen LogP contribution >= 0.6 is 0 Å². The quantitative estimate of drug-likeness (QED) is 0.930. The van der Waals surface area contributed by atoms with Gasteiger partial charge in [0.15, 0.2) is 0 Å².